The lowest BCUT2D eigenvalue weighted by Gasteiger charge is -2.31. The van der Waals surface area contributed by atoms with E-state index in [2.05, 4.69) is 29.8 Å². The normalized spacial score (nSPS) is 26.9. The van der Waals surface area contributed by atoms with Crippen LogP contribution in [0.2, 0.25) is 0 Å². The van der Waals surface area contributed by atoms with Crippen molar-refractivity contribution in [2.75, 3.05) is 7.11 Å². The van der Waals surface area contributed by atoms with Gasteiger partial charge in [-0.3, -0.25) is 0 Å². The van der Waals surface area contributed by atoms with Gasteiger partial charge in [0, 0.05) is 24.1 Å². The quantitative estimate of drug-likeness (QED) is 0.863. The minimum Gasteiger partial charge on any atom is -0.381 e. The number of ether oxygens (including phenoxy) is 1. The molecule has 2 rings (SSSR count). The fraction of sp³-hybridized carbons (Fsp3) is 0.714. The minimum atomic E-state index is 0.460. The lowest BCUT2D eigenvalue weighted by Crippen LogP contribution is -2.38. The van der Waals surface area contributed by atoms with Crippen LogP contribution in [0.4, 0.5) is 0 Å². The van der Waals surface area contributed by atoms with Crippen LogP contribution in [-0.4, -0.2) is 19.3 Å². The van der Waals surface area contributed by atoms with Crippen LogP contribution >= 0.6 is 11.3 Å². The molecule has 17 heavy (non-hydrogen) atoms. The molecule has 3 unspecified atom stereocenters. The summed E-state index contributed by atoms with van der Waals surface area (Å²) in [4.78, 5) is 1.46. The highest BCUT2D eigenvalue weighted by molar-refractivity contribution is 7.10. The van der Waals surface area contributed by atoms with Gasteiger partial charge in [0.05, 0.1) is 6.10 Å². The zero-order valence-electron chi connectivity index (χ0n) is 10.8. The lowest BCUT2D eigenvalue weighted by molar-refractivity contribution is 0.0568. The second kappa shape index (κ2) is 6.53. The van der Waals surface area contributed by atoms with E-state index in [0.717, 1.165) is 6.42 Å². The molecule has 0 saturated heterocycles. The molecule has 1 aliphatic rings. The first-order chi connectivity index (χ1) is 8.33. The molecule has 96 valence electrons. The van der Waals surface area contributed by atoms with Crippen molar-refractivity contribution in [3.8, 4) is 0 Å². The van der Waals surface area contributed by atoms with E-state index in [1.165, 1.54) is 30.6 Å². The standard InChI is InChI=1S/C14H23NOS/c1-3-13(14-8-5-9-17-14)15-11-6-4-7-12(10-11)16-2/h5,8-9,11-13,15H,3-4,6-7,10H2,1-2H3. The van der Waals surface area contributed by atoms with E-state index in [1.807, 2.05) is 18.4 Å². The molecule has 0 aliphatic heterocycles. The topological polar surface area (TPSA) is 21.3 Å². The zero-order chi connectivity index (χ0) is 12.1. The Morgan fingerprint density at radius 2 is 2.41 bits per heavy atom. The Hall–Kier alpha value is -0.380. The number of hydrogen-bond acceptors (Lipinski definition) is 3. The predicted molar refractivity (Wildman–Crippen MR) is 73.5 cm³/mol. The van der Waals surface area contributed by atoms with E-state index in [-0.39, 0.29) is 0 Å². The molecule has 1 heterocycles. The Morgan fingerprint density at radius 3 is 3.06 bits per heavy atom. The van der Waals surface area contributed by atoms with Crippen molar-refractivity contribution in [1.29, 1.82) is 0 Å². The predicted octanol–water partition coefficient (Wildman–Crippen LogP) is 3.75. The summed E-state index contributed by atoms with van der Waals surface area (Å²) in [6, 6.07) is 5.53. The summed E-state index contributed by atoms with van der Waals surface area (Å²) in [6.45, 7) is 2.26. The van der Waals surface area contributed by atoms with E-state index in [1.54, 1.807) is 0 Å². The molecule has 0 amide bonds. The van der Waals surface area contributed by atoms with Crippen molar-refractivity contribution in [3.63, 3.8) is 0 Å². The molecular formula is C14H23NOS. The van der Waals surface area contributed by atoms with E-state index in [4.69, 9.17) is 4.74 Å². The van der Waals surface area contributed by atoms with E-state index < -0.39 is 0 Å². The molecule has 0 bridgehead atoms. The van der Waals surface area contributed by atoms with Gasteiger partial charge in [-0.05, 0) is 43.6 Å². The van der Waals surface area contributed by atoms with Gasteiger partial charge in [-0.1, -0.05) is 13.0 Å². The van der Waals surface area contributed by atoms with Gasteiger partial charge in [-0.15, -0.1) is 11.3 Å². The maximum Gasteiger partial charge on any atom is 0.0586 e. The molecule has 3 atom stereocenters. The molecule has 0 aromatic carbocycles. The SMILES string of the molecule is CCC(NC1CCCC(OC)C1)c1cccs1. The Labute approximate surface area is 108 Å². The monoisotopic (exact) mass is 253 g/mol. The maximum atomic E-state index is 5.49. The molecule has 1 aromatic heterocycles. The molecule has 1 aliphatic carbocycles. The average Bonchev–Trinajstić information content (AvgIpc) is 2.90. The number of thiophene rings is 1. The third-order valence-electron chi connectivity index (χ3n) is 3.69. The summed E-state index contributed by atoms with van der Waals surface area (Å²) in [5, 5.41) is 5.97. The fourth-order valence-electron chi connectivity index (χ4n) is 2.69. The summed E-state index contributed by atoms with van der Waals surface area (Å²) < 4.78 is 5.49. The third kappa shape index (κ3) is 3.54. The first-order valence-corrected chi connectivity index (χ1v) is 7.53. The number of nitrogens with one attached hydrogen (secondary N) is 1. The van der Waals surface area contributed by atoms with Gasteiger partial charge >= 0.3 is 0 Å². The lowest BCUT2D eigenvalue weighted by atomic mass is 9.92. The highest BCUT2D eigenvalue weighted by atomic mass is 32.1. The Kier molecular flexibility index (Phi) is 5.01. The summed E-state index contributed by atoms with van der Waals surface area (Å²) in [5.74, 6) is 0. The van der Waals surface area contributed by atoms with Gasteiger partial charge in [0.1, 0.15) is 0 Å². The summed E-state index contributed by atoms with van der Waals surface area (Å²) in [6.07, 6.45) is 6.60. The van der Waals surface area contributed by atoms with Crippen LogP contribution in [0, 0.1) is 0 Å². The van der Waals surface area contributed by atoms with Gasteiger partial charge in [0.25, 0.3) is 0 Å². The molecule has 0 radical (unpaired) electrons. The molecule has 1 saturated carbocycles. The Bertz CT molecular complexity index is 312. The van der Waals surface area contributed by atoms with Gasteiger partial charge in [0.2, 0.25) is 0 Å². The second-order valence-corrected chi connectivity index (χ2v) is 5.84. The molecule has 1 N–H and O–H groups in total. The van der Waals surface area contributed by atoms with Gasteiger partial charge in [0.15, 0.2) is 0 Å². The van der Waals surface area contributed by atoms with Crippen LogP contribution in [0.3, 0.4) is 0 Å². The van der Waals surface area contributed by atoms with Crippen molar-refractivity contribution in [3.05, 3.63) is 22.4 Å². The first-order valence-electron chi connectivity index (χ1n) is 6.65. The summed E-state index contributed by atoms with van der Waals surface area (Å²) in [5.41, 5.74) is 0. The van der Waals surface area contributed by atoms with Crippen LogP contribution in [0.5, 0.6) is 0 Å². The van der Waals surface area contributed by atoms with Crippen molar-refractivity contribution < 1.29 is 4.74 Å². The summed E-state index contributed by atoms with van der Waals surface area (Å²) >= 11 is 1.86. The van der Waals surface area contributed by atoms with Crippen molar-refractivity contribution >= 4 is 11.3 Å². The van der Waals surface area contributed by atoms with Crippen molar-refractivity contribution in [2.45, 2.75) is 57.2 Å². The largest absolute Gasteiger partial charge is 0.381 e. The second-order valence-electron chi connectivity index (χ2n) is 4.86. The van der Waals surface area contributed by atoms with Gasteiger partial charge in [-0.25, -0.2) is 0 Å². The van der Waals surface area contributed by atoms with Gasteiger partial charge in [-0.2, -0.15) is 0 Å². The molecule has 2 nitrogen and oxygen atoms in total. The number of rotatable bonds is 5. The van der Waals surface area contributed by atoms with Gasteiger partial charge < -0.3 is 10.1 Å². The van der Waals surface area contributed by atoms with Crippen LogP contribution in [-0.2, 0) is 4.74 Å². The minimum absolute atomic E-state index is 0.460. The number of hydrogen-bond donors (Lipinski definition) is 1. The highest BCUT2D eigenvalue weighted by Gasteiger charge is 2.24. The van der Waals surface area contributed by atoms with E-state index in [0.29, 0.717) is 18.2 Å². The van der Waals surface area contributed by atoms with Crippen LogP contribution in [0.15, 0.2) is 17.5 Å². The van der Waals surface area contributed by atoms with Crippen LogP contribution in [0.1, 0.15) is 49.9 Å². The van der Waals surface area contributed by atoms with Crippen LogP contribution in [0.25, 0.3) is 0 Å². The smallest absolute Gasteiger partial charge is 0.0586 e. The average molecular weight is 253 g/mol. The Balaban J connectivity index is 1.90. The molecule has 0 spiro atoms. The molecular weight excluding hydrogens is 230 g/mol. The first kappa shape index (κ1) is 13.1. The van der Waals surface area contributed by atoms with E-state index in [9.17, 15) is 0 Å². The third-order valence-corrected chi connectivity index (χ3v) is 4.68. The fourth-order valence-corrected chi connectivity index (χ4v) is 3.56. The van der Waals surface area contributed by atoms with Crippen molar-refractivity contribution in [1.82, 2.24) is 5.32 Å². The summed E-state index contributed by atoms with van der Waals surface area (Å²) in [7, 11) is 1.84. The van der Waals surface area contributed by atoms with Crippen LogP contribution < -0.4 is 5.32 Å². The maximum absolute atomic E-state index is 5.49. The van der Waals surface area contributed by atoms with E-state index >= 15 is 0 Å². The van der Waals surface area contributed by atoms with Crippen molar-refractivity contribution in [2.24, 2.45) is 0 Å². The molecule has 3 heteroatoms. The zero-order valence-corrected chi connectivity index (χ0v) is 11.6. The molecule has 1 aromatic rings. The number of methoxy groups -OCH3 is 1. The molecule has 1 fully saturated rings. The Morgan fingerprint density at radius 1 is 1.53 bits per heavy atom. The highest BCUT2D eigenvalue weighted by Crippen LogP contribution is 2.26.